The van der Waals surface area contributed by atoms with Crippen LogP contribution in [0.25, 0.3) is 11.0 Å². The van der Waals surface area contributed by atoms with Crippen molar-refractivity contribution in [3.63, 3.8) is 0 Å². The van der Waals surface area contributed by atoms with Crippen molar-refractivity contribution in [1.82, 2.24) is 0 Å². The number of anilines is 1. The van der Waals surface area contributed by atoms with Crippen LogP contribution >= 0.6 is 11.6 Å². The Morgan fingerprint density at radius 3 is 2.14 bits per heavy atom. The Hall–Kier alpha value is -3.62. The highest BCUT2D eigenvalue weighted by atomic mass is 35.5. The van der Waals surface area contributed by atoms with E-state index in [-0.39, 0.29) is 27.1 Å². The molecule has 0 bridgehead atoms. The average molecular weight is 540 g/mol. The van der Waals surface area contributed by atoms with Gasteiger partial charge in [0.1, 0.15) is 16.9 Å². The summed E-state index contributed by atoms with van der Waals surface area (Å²) in [5.74, 6) is -1.10. The van der Waals surface area contributed by atoms with E-state index >= 15 is 0 Å². The maximum absolute atomic E-state index is 14.0. The third kappa shape index (κ3) is 4.99. The molecule has 1 heterocycles. The summed E-state index contributed by atoms with van der Waals surface area (Å²) in [7, 11) is -3.13. The summed E-state index contributed by atoms with van der Waals surface area (Å²) < 4.78 is 39.2. The first kappa shape index (κ1) is 26.4. The van der Waals surface area contributed by atoms with Crippen molar-refractivity contribution in [1.29, 1.82) is 0 Å². The van der Waals surface area contributed by atoms with Gasteiger partial charge in [0.25, 0.3) is 15.9 Å². The van der Waals surface area contributed by atoms with Crippen LogP contribution in [0.3, 0.4) is 0 Å². The first-order chi connectivity index (χ1) is 17.3. The van der Waals surface area contributed by atoms with Crippen LogP contribution in [0.5, 0.6) is 0 Å². The number of amides is 1. The fourth-order valence-corrected chi connectivity index (χ4v) is 5.53. The molecule has 1 amide bonds. The van der Waals surface area contributed by atoms with Gasteiger partial charge in [-0.1, -0.05) is 44.5 Å². The van der Waals surface area contributed by atoms with Gasteiger partial charge in [-0.25, -0.2) is 13.2 Å². The molecule has 0 aliphatic carbocycles. The largest absolute Gasteiger partial charge is 0.465 e. The number of fused-ring (bicyclic) bond motifs is 1. The highest BCUT2D eigenvalue weighted by Crippen LogP contribution is 2.34. The van der Waals surface area contributed by atoms with Crippen molar-refractivity contribution in [3.8, 4) is 0 Å². The summed E-state index contributed by atoms with van der Waals surface area (Å²) in [6.45, 7) is 7.67. The molecule has 4 rings (SSSR count). The number of halogens is 1. The third-order valence-electron chi connectivity index (χ3n) is 6.01. The van der Waals surface area contributed by atoms with Gasteiger partial charge in [0.15, 0.2) is 0 Å². The number of methoxy groups -OCH3 is 1. The van der Waals surface area contributed by atoms with Crippen LogP contribution in [0.1, 0.15) is 52.8 Å². The summed E-state index contributed by atoms with van der Waals surface area (Å²) in [4.78, 5) is 26.1. The number of nitrogens with zero attached hydrogens (tertiary/aromatic N) is 1. The smallest absolute Gasteiger partial charge is 0.342 e. The number of esters is 1. The Labute approximate surface area is 220 Å². The SMILES string of the molecule is COC(=O)c1c(C)oc2ccc(N(C(=O)c3ccc(Cl)cc3)S(=O)(=O)c3ccc(C(C)(C)C)cc3)cc12. The standard InChI is InChI=1S/C28H26ClNO6S/c1-17-25(27(32)35-5)23-16-21(12-15-24(23)36-17)30(26(31)18-6-10-20(29)11-7-18)37(33,34)22-13-8-19(9-14-22)28(2,3)4/h6-16H,1-5H3. The lowest BCUT2D eigenvalue weighted by molar-refractivity contribution is 0.0600. The molecule has 0 fully saturated rings. The number of rotatable bonds is 5. The summed E-state index contributed by atoms with van der Waals surface area (Å²) in [6, 6.07) is 16.8. The minimum Gasteiger partial charge on any atom is -0.465 e. The Morgan fingerprint density at radius 1 is 0.946 bits per heavy atom. The van der Waals surface area contributed by atoms with Crippen molar-refractivity contribution in [2.45, 2.75) is 38.0 Å². The summed E-state index contributed by atoms with van der Waals surface area (Å²) in [6.07, 6.45) is 0. The van der Waals surface area contributed by atoms with Gasteiger partial charge >= 0.3 is 5.97 Å². The van der Waals surface area contributed by atoms with Gasteiger partial charge in [-0.3, -0.25) is 4.79 Å². The number of carbonyl (C=O) groups excluding carboxylic acids is 2. The second-order valence-corrected chi connectivity index (χ2v) is 11.8. The molecule has 4 aromatic rings. The van der Waals surface area contributed by atoms with Crippen LogP contribution in [0.2, 0.25) is 5.02 Å². The number of hydrogen-bond donors (Lipinski definition) is 0. The van der Waals surface area contributed by atoms with Crippen LogP contribution in [0.4, 0.5) is 5.69 Å². The molecule has 0 N–H and O–H groups in total. The molecule has 7 nitrogen and oxygen atoms in total. The van der Waals surface area contributed by atoms with Gasteiger partial charge in [-0.05, 0) is 72.5 Å². The number of sulfonamides is 1. The Bertz CT molecular complexity index is 1600. The van der Waals surface area contributed by atoms with E-state index in [4.69, 9.17) is 20.8 Å². The lowest BCUT2D eigenvalue weighted by atomic mass is 9.87. The molecule has 0 saturated carbocycles. The minimum atomic E-state index is -4.37. The molecule has 0 aliphatic rings. The van der Waals surface area contributed by atoms with E-state index in [1.165, 1.54) is 61.7 Å². The fraction of sp³-hybridized carbons (Fsp3) is 0.214. The van der Waals surface area contributed by atoms with Gasteiger partial charge in [0.05, 0.1) is 17.7 Å². The van der Waals surface area contributed by atoms with E-state index < -0.39 is 21.9 Å². The Kier molecular flexibility index (Phi) is 6.92. The molecule has 0 aliphatic heterocycles. The fourth-order valence-electron chi connectivity index (χ4n) is 4.00. The van der Waals surface area contributed by atoms with Gasteiger partial charge in [0.2, 0.25) is 0 Å². The van der Waals surface area contributed by atoms with Crippen LogP contribution in [0, 0.1) is 6.92 Å². The highest BCUT2D eigenvalue weighted by Gasteiger charge is 2.33. The molecule has 0 atom stereocenters. The molecule has 192 valence electrons. The van der Waals surface area contributed by atoms with Crippen molar-refractivity contribution in [3.05, 3.63) is 94.2 Å². The zero-order valence-corrected chi connectivity index (χ0v) is 22.6. The topological polar surface area (TPSA) is 93.9 Å². The lowest BCUT2D eigenvalue weighted by Gasteiger charge is -2.24. The van der Waals surface area contributed by atoms with Gasteiger partial charge in [0, 0.05) is 16.0 Å². The molecule has 3 aromatic carbocycles. The number of hydrogen-bond acceptors (Lipinski definition) is 6. The van der Waals surface area contributed by atoms with Crippen LogP contribution in [0.15, 0.2) is 76.0 Å². The van der Waals surface area contributed by atoms with E-state index in [9.17, 15) is 18.0 Å². The summed E-state index contributed by atoms with van der Waals surface area (Å²) in [5, 5.41) is 0.732. The normalized spacial score (nSPS) is 11.9. The number of carbonyl (C=O) groups is 2. The van der Waals surface area contributed by atoms with Crippen molar-refractivity contribution in [2.24, 2.45) is 0 Å². The quantitative estimate of drug-likeness (QED) is 0.268. The van der Waals surface area contributed by atoms with E-state index in [1.54, 1.807) is 19.1 Å². The molecule has 0 spiro atoms. The molecular weight excluding hydrogens is 514 g/mol. The third-order valence-corrected chi connectivity index (χ3v) is 7.98. The first-order valence-electron chi connectivity index (χ1n) is 11.4. The number of ether oxygens (including phenoxy) is 1. The number of benzene rings is 3. The first-order valence-corrected chi connectivity index (χ1v) is 13.2. The van der Waals surface area contributed by atoms with E-state index in [2.05, 4.69) is 0 Å². The molecule has 1 aromatic heterocycles. The van der Waals surface area contributed by atoms with Gasteiger partial charge < -0.3 is 9.15 Å². The molecule has 9 heteroatoms. The molecule has 37 heavy (non-hydrogen) atoms. The van der Waals surface area contributed by atoms with Crippen molar-refractivity contribution in [2.75, 3.05) is 11.4 Å². The predicted molar refractivity (Wildman–Crippen MR) is 143 cm³/mol. The van der Waals surface area contributed by atoms with Crippen molar-refractivity contribution < 1.29 is 27.2 Å². The van der Waals surface area contributed by atoms with E-state index in [0.29, 0.717) is 21.8 Å². The lowest BCUT2D eigenvalue weighted by Crippen LogP contribution is -2.37. The minimum absolute atomic E-state index is 0.0401. The number of furan rings is 1. The van der Waals surface area contributed by atoms with E-state index in [0.717, 1.165) is 9.87 Å². The average Bonchev–Trinajstić information content (AvgIpc) is 3.18. The summed E-state index contributed by atoms with van der Waals surface area (Å²) >= 11 is 5.98. The van der Waals surface area contributed by atoms with Crippen molar-refractivity contribution >= 4 is 50.2 Å². The van der Waals surface area contributed by atoms with E-state index in [1.807, 2.05) is 20.8 Å². The van der Waals surface area contributed by atoms with Crippen LogP contribution < -0.4 is 4.31 Å². The van der Waals surface area contributed by atoms with Crippen LogP contribution in [-0.4, -0.2) is 27.4 Å². The maximum Gasteiger partial charge on any atom is 0.342 e. The predicted octanol–water partition coefficient (Wildman–Crippen LogP) is 6.51. The maximum atomic E-state index is 14.0. The second-order valence-electron chi connectivity index (χ2n) is 9.56. The highest BCUT2D eigenvalue weighted by molar-refractivity contribution is 7.93. The second kappa shape index (κ2) is 9.68. The monoisotopic (exact) mass is 539 g/mol. The molecule has 0 saturated heterocycles. The molecule has 0 radical (unpaired) electrons. The number of aryl methyl sites for hydroxylation is 1. The molecule has 0 unspecified atom stereocenters. The Balaban J connectivity index is 1.92. The van der Waals surface area contributed by atoms with Gasteiger partial charge in [-0.15, -0.1) is 0 Å². The summed E-state index contributed by atoms with van der Waals surface area (Å²) in [5.41, 5.74) is 1.43. The Morgan fingerprint density at radius 2 is 1.57 bits per heavy atom. The van der Waals surface area contributed by atoms with Crippen LogP contribution in [-0.2, 0) is 20.2 Å². The van der Waals surface area contributed by atoms with Gasteiger partial charge in [-0.2, -0.15) is 4.31 Å². The molecular formula is C28H26ClNO6S. The zero-order chi connectivity index (χ0) is 27.1. The zero-order valence-electron chi connectivity index (χ0n) is 21.0.